The smallest absolute Gasteiger partial charge is 0.262 e. The van der Waals surface area contributed by atoms with Crippen LogP contribution in [-0.2, 0) is 4.79 Å². The number of nitrogens with one attached hydrogen (secondary N) is 3. The highest BCUT2D eigenvalue weighted by atomic mass is 16.5. The number of hydrazine groups is 1. The van der Waals surface area contributed by atoms with Crippen LogP contribution in [0.4, 0.5) is 5.69 Å². The van der Waals surface area contributed by atoms with E-state index < -0.39 is 0 Å². The van der Waals surface area contributed by atoms with Crippen molar-refractivity contribution in [1.82, 2.24) is 10.9 Å². The summed E-state index contributed by atoms with van der Waals surface area (Å²) in [6, 6.07) is 22.1. The first-order valence-corrected chi connectivity index (χ1v) is 8.78. The van der Waals surface area contributed by atoms with Crippen molar-refractivity contribution < 1.29 is 9.53 Å². The summed E-state index contributed by atoms with van der Waals surface area (Å²) < 4.78 is 5.64. The van der Waals surface area contributed by atoms with Crippen LogP contribution in [0.1, 0.15) is 18.0 Å². The quantitative estimate of drug-likeness (QED) is 0.662. The van der Waals surface area contributed by atoms with Gasteiger partial charge >= 0.3 is 0 Å². The monoisotopic (exact) mass is 347 g/mol. The zero-order valence-corrected chi connectivity index (χ0v) is 14.4. The Kier molecular flexibility index (Phi) is 4.82. The largest absolute Gasteiger partial charge is 0.484 e. The fraction of sp³-hybridized carbons (Fsp3) is 0.190. The first kappa shape index (κ1) is 16.6. The summed E-state index contributed by atoms with van der Waals surface area (Å²) in [6.45, 7) is 0.923. The highest BCUT2D eigenvalue weighted by Gasteiger charge is 2.16. The van der Waals surface area contributed by atoms with E-state index in [0.29, 0.717) is 5.75 Å². The number of ether oxygens (including phenoxy) is 1. The van der Waals surface area contributed by atoms with Crippen LogP contribution in [0.2, 0.25) is 0 Å². The fourth-order valence-electron chi connectivity index (χ4n) is 3.17. The minimum atomic E-state index is -0.173. The van der Waals surface area contributed by atoms with Crippen molar-refractivity contribution in [2.45, 2.75) is 12.5 Å². The van der Waals surface area contributed by atoms with Gasteiger partial charge in [-0.3, -0.25) is 15.6 Å². The first-order valence-electron chi connectivity index (χ1n) is 8.78. The molecule has 1 heterocycles. The molecule has 0 saturated carbocycles. The lowest BCUT2D eigenvalue weighted by atomic mass is 10.1. The molecule has 0 bridgehead atoms. The summed E-state index contributed by atoms with van der Waals surface area (Å²) in [5, 5.41) is 5.14. The van der Waals surface area contributed by atoms with Gasteiger partial charge in [0.2, 0.25) is 0 Å². The minimum absolute atomic E-state index is 0.0220. The molecule has 26 heavy (non-hydrogen) atoms. The second kappa shape index (κ2) is 7.56. The molecule has 4 rings (SSSR count). The summed E-state index contributed by atoms with van der Waals surface area (Å²) in [4.78, 5) is 12.2. The lowest BCUT2D eigenvalue weighted by Gasteiger charge is -2.12. The second-order valence-corrected chi connectivity index (χ2v) is 6.38. The van der Waals surface area contributed by atoms with E-state index in [-0.39, 0.29) is 18.6 Å². The van der Waals surface area contributed by atoms with Crippen LogP contribution in [0.5, 0.6) is 5.75 Å². The molecule has 1 aliphatic rings. The molecule has 1 atom stereocenters. The molecule has 5 nitrogen and oxygen atoms in total. The summed E-state index contributed by atoms with van der Waals surface area (Å²) >= 11 is 0. The number of amides is 1. The highest BCUT2D eigenvalue weighted by Crippen LogP contribution is 2.22. The Balaban J connectivity index is 1.36. The van der Waals surface area contributed by atoms with Gasteiger partial charge in [0, 0.05) is 18.3 Å². The van der Waals surface area contributed by atoms with Gasteiger partial charge in [-0.1, -0.05) is 42.5 Å². The maximum atomic E-state index is 12.2. The van der Waals surface area contributed by atoms with Crippen molar-refractivity contribution in [1.29, 1.82) is 0 Å². The number of benzene rings is 3. The van der Waals surface area contributed by atoms with E-state index in [9.17, 15) is 4.79 Å². The predicted molar refractivity (Wildman–Crippen MR) is 103 cm³/mol. The molecular formula is C21H21N3O2. The molecule has 3 N–H and O–H groups in total. The number of carbonyl (C=O) groups excluding carboxylic acids is 1. The lowest BCUT2D eigenvalue weighted by molar-refractivity contribution is -0.118. The zero-order valence-electron chi connectivity index (χ0n) is 14.4. The maximum absolute atomic E-state index is 12.2. The topological polar surface area (TPSA) is 62.4 Å². The van der Waals surface area contributed by atoms with Gasteiger partial charge < -0.3 is 10.1 Å². The molecule has 1 amide bonds. The predicted octanol–water partition coefficient (Wildman–Crippen LogP) is 3.40. The molecule has 1 saturated heterocycles. The highest BCUT2D eigenvalue weighted by molar-refractivity contribution is 5.92. The van der Waals surface area contributed by atoms with Gasteiger partial charge in [0.25, 0.3) is 5.91 Å². The van der Waals surface area contributed by atoms with Gasteiger partial charge in [-0.15, -0.1) is 0 Å². The fourth-order valence-corrected chi connectivity index (χ4v) is 3.17. The number of rotatable bonds is 5. The van der Waals surface area contributed by atoms with E-state index in [1.807, 2.05) is 60.7 Å². The summed E-state index contributed by atoms with van der Waals surface area (Å²) in [6.07, 6.45) is 1.03. The van der Waals surface area contributed by atoms with Gasteiger partial charge in [-0.2, -0.15) is 0 Å². The molecule has 1 fully saturated rings. The first-order chi connectivity index (χ1) is 12.8. The van der Waals surface area contributed by atoms with Crippen molar-refractivity contribution in [3.8, 4) is 5.75 Å². The summed E-state index contributed by atoms with van der Waals surface area (Å²) in [5.41, 5.74) is 8.29. The van der Waals surface area contributed by atoms with Gasteiger partial charge in [0.05, 0.1) is 0 Å². The molecule has 132 valence electrons. The lowest BCUT2D eigenvalue weighted by Crippen LogP contribution is -2.24. The third kappa shape index (κ3) is 3.85. The van der Waals surface area contributed by atoms with E-state index in [1.165, 1.54) is 0 Å². The molecule has 1 aliphatic heterocycles. The molecule has 3 aromatic carbocycles. The Labute approximate surface area is 152 Å². The van der Waals surface area contributed by atoms with Gasteiger partial charge in [0.15, 0.2) is 6.61 Å². The van der Waals surface area contributed by atoms with Crippen LogP contribution < -0.4 is 20.9 Å². The normalized spacial score (nSPS) is 16.5. The van der Waals surface area contributed by atoms with E-state index in [4.69, 9.17) is 4.74 Å². The van der Waals surface area contributed by atoms with Gasteiger partial charge in [-0.05, 0) is 47.0 Å². The molecule has 1 unspecified atom stereocenters. The van der Waals surface area contributed by atoms with Crippen LogP contribution >= 0.6 is 0 Å². The number of fused-ring (bicyclic) bond motifs is 1. The van der Waals surface area contributed by atoms with E-state index >= 15 is 0 Å². The Morgan fingerprint density at radius 2 is 1.92 bits per heavy atom. The van der Waals surface area contributed by atoms with E-state index in [0.717, 1.165) is 35.0 Å². The molecule has 0 aliphatic carbocycles. The number of carbonyl (C=O) groups is 1. The Morgan fingerprint density at radius 1 is 1.04 bits per heavy atom. The van der Waals surface area contributed by atoms with Crippen molar-refractivity contribution in [3.63, 3.8) is 0 Å². The molecule has 0 aromatic heterocycles. The number of hydrogen-bond acceptors (Lipinski definition) is 4. The van der Waals surface area contributed by atoms with Crippen molar-refractivity contribution in [2.75, 3.05) is 18.5 Å². The molecular weight excluding hydrogens is 326 g/mol. The Hall–Kier alpha value is -2.89. The second-order valence-electron chi connectivity index (χ2n) is 6.38. The van der Waals surface area contributed by atoms with Crippen LogP contribution in [0.25, 0.3) is 10.8 Å². The third-order valence-electron chi connectivity index (χ3n) is 4.50. The standard InChI is InChI=1S/C21H21N3O2/c25-21(14-26-19-9-8-15-4-1-2-5-16(15)13-19)23-18-7-3-6-17(12-18)20-10-11-22-24-20/h1-9,12-13,20,22,24H,10-11,14H2,(H,23,25). The molecule has 5 heteroatoms. The van der Waals surface area contributed by atoms with Crippen molar-refractivity contribution in [2.24, 2.45) is 0 Å². The van der Waals surface area contributed by atoms with E-state index in [1.54, 1.807) is 0 Å². The molecule has 0 spiro atoms. The van der Waals surface area contributed by atoms with Gasteiger partial charge in [-0.25, -0.2) is 0 Å². The molecule has 0 radical (unpaired) electrons. The number of anilines is 1. The SMILES string of the molecule is O=C(COc1ccc2ccccc2c1)Nc1cccc(C2CCNN2)c1. The van der Waals surface area contributed by atoms with Gasteiger partial charge in [0.1, 0.15) is 5.75 Å². The summed E-state index contributed by atoms with van der Waals surface area (Å²) in [7, 11) is 0. The minimum Gasteiger partial charge on any atom is -0.484 e. The van der Waals surface area contributed by atoms with Crippen LogP contribution in [0.15, 0.2) is 66.7 Å². The zero-order chi connectivity index (χ0) is 17.8. The third-order valence-corrected chi connectivity index (χ3v) is 4.50. The Morgan fingerprint density at radius 3 is 2.77 bits per heavy atom. The van der Waals surface area contributed by atoms with Crippen LogP contribution in [-0.4, -0.2) is 19.1 Å². The molecule has 3 aromatic rings. The van der Waals surface area contributed by atoms with Crippen molar-refractivity contribution in [3.05, 3.63) is 72.3 Å². The maximum Gasteiger partial charge on any atom is 0.262 e. The summed E-state index contributed by atoms with van der Waals surface area (Å²) in [5.74, 6) is 0.515. The van der Waals surface area contributed by atoms with Crippen LogP contribution in [0, 0.1) is 0 Å². The van der Waals surface area contributed by atoms with E-state index in [2.05, 4.69) is 22.2 Å². The number of hydrogen-bond donors (Lipinski definition) is 3. The van der Waals surface area contributed by atoms with Crippen molar-refractivity contribution >= 4 is 22.4 Å². The average molecular weight is 347 g/mol. The Bertz CT molecular complexity index is 920. The average Bonchev–Trinajstić information content (AvgIpc) is 3.21. The van der Waals surface area contributed by atoms with Crippen LogP contribution in [0.3, 0.4) is 0 Å².